The van der Waals surface area contributed by atoms with Gasteiger partial charge in [-0.05, 0) is 37.8 Å². The number of aliphatic hydroxyl groups is 1. The molecule has 0 aliphatic heterocycles. The minimum Gasteiger partial charge on any atom is -0.394 e. The highest BCUT2D eigenvalue weighted by molar-refractivity contribution is 5.92. The number of nitrogens with two attached hydrogens (primary N) is 1. The van der Waals surface area contributed by atoms with Crippen molar-refractivity contribution in [2.24, 2.45) is 10.7 Å². The van der Waals surface area contributed by atoms with Crippen LogP contribution < -0.4 is 11.1 Å². The summed E-state index contributed by atoms with van der Waals surface area (Å²) in [7, 11) is 0. The fourth-order valence-corrected chi connectivity index (χ4v) is 3.81. The molecule has 2 rings (SSSR count). The van der Waals surface area contributed by atoms with Gasteiger partial charge in [0.15, 0.2) is 5.96 Å². The van der Waals surface area contributed by atoms with Gasteiger partial charge in [-0.1, -0.05) is 32.1 Å². The quantitative estimate of drug-likeness (QED) is 0.123. The molecule has 0 unspecified atom stereocenters. The summed E-state index contributed by atoms with van der Waals surface area (Å²) in [5, 5.41) is 13.3. The van der Waals surface area contributed by atoms with Crippen LogP contribution in [-0.4, -0.2) is 79.2 Å². The molecule has 4 N–H and O–H groups in total. The third-order valence-electron chi connectivity index (χ3n) is 5.69. The molecular formula is C25H43N5O5. The lowest BCUT2D eigenvalue weighted by Crippen LogP contribution is -2.38. The number of carbonyl (C=O) groups is 1. The number of hydrogen-bond acceptors (Lipinski definition) is 7. The van der Waals surface area contributed by atoms with Crippen molar-refractivity contribution >= 4 is 17.6 Å². The molecule has 1 amide bonds. The average Bonchev–Trinajstić information content (AvgIpc) is 2.88. The number of hydroxylamine groups is 2. The maximum absolute atomic E-state index is 12.8. The Balaban J connectivity index is 1.61. The van der Waals surface area contributed by atoms with Crippen LogP contribution in [0.4, 0.5) is 5.69 Å². The number of rotatable bonds is 18. The largest absolute Gasteiger partial charge is 0.394 e. The number of unbranched alkanes of at least 4 members (excludes halogenated alkanes) is 3. The van der Waals surface area contributed by atoms with Crippen LogP contribution in [0.1, 0.15) is 64.2 Å². The summed E-state index contributed by atoms with van der Waals surface area (Å²) >= 11 is 0. The summed E-state index contributed by atoms with van der Waals surface area (Å²) in [6, 6.07) is 3.67. The van der Waals surface area contributed by atoms with Crippen molar-refractivity contribution in [3.63, 3.8) is 0 Å². The Hall–Kier alpha value is -2.27. The molecule has 0 atom stereocenters. The van der Waals surface area contributed by atoms with Gasteiger partial charge < -0.3 is 25.6 Å². The SMILES string of the molecule is NC(=NCCCCCCC(=O)N(CCOCCOCCO)OC1CCCCC1)Nc1ccncc1. The molecule has 10 nitrogen and oxygen atoms in total. The Bertz CT molecular complexity index is 701. The van der Waals surface area contributed by atoms with E-state index in [2.05, 4.69) is 15.3 Å². The van der Waals surface area contributed by atoms with Crippen molar-refractivity contribution in [3.8, 4) is 0 Å². The number of aliphatic hydroxyl groups excluding tert-OH is 1. The number of aliphatic imine (C=N–C) groups is 1. The highest BCUT2D eigenvalue weighted by atomic mass is 16.7. The number of guanidine groups is 1. The molecule has 0 saturated heterocycles. The first-order valence-corrected chi connectivity index (χ1v) is 12.9. The first-order chi connectivity index (χ1) is 17.2. The van der Waals surface area contributed by atoms with Crippen LogP contribution in [0.5, 0.6) is 0 Å². The minimum atomic E-state index is 0.00232. The van der Waals surface area contributed by atoms with Crippen LogP contribution in [0.15, 0.2) is 29.5 Å². The number of aromatic nitrogens is 1. The first-order valence-electron chi connectivity index (χ1n) is 12.9. The molecule has 1 aliphatic rings. The smallest absolute Gasteiger partial charge is 0.246 e. The van der Waals surface area contributed by atoms with Gasteiger partial charge in [0.1, 0.15) is 0 Å². The second kappa shape index (κ2) is 19.0. The van der Waals surface area contributed by atoms with E-state index in [4.69, 9.17) is 25.2 Å². The summed E-state index contributed by atoms with van der Waals surface area (Å²) in [5.74, 6) is 0.406. The predicted molar refractivity (Wildman–Crippen MR) is 136 cm³/mol. The Labute approximate surface area is 209 Å². The van der Waals surface area contributed by atoms with Gasteiger partial charge in [0.05, 0.1) is 45.7 Å². The second-order valence-corrected chi connectivity index (χ2v) is 8.60. The van der Waals surface area contributed by atoms with E-state index in [9.17, 15) is 4.79 Å². The zero-order valence-corrected chi connectivity index (χ0v) is 20.9. The lowest BCUT2D eigenvalue weighted by molar-refractivity contribution is -0.214. The molecule has 0 radical (unpaired) electrons. The molecule has 1 aromatic heterocycles. The maximum atomic E-state index is 12.8. The van der Waals surface area contributed by atoms with Crippen LogP contribution in [0.3, 0.4) is 0 Å². The molecule has 10 heteroatoms. The number of anilines is 1. The number of amides is 1. The van der Waals surface area contributed by atoms with Gasteiger partial charge in [-0.3, -0.25) is 19.6 Å². The van der Waals surface area contributed by atoms with Crippen molar-refractivity contribution in [2.45, 2.75) is 70.3 Å². The van der Waals surface area contributed by atoms with Crippen LogP contribution >= 0.6 is 0 Å². The Kier molecular flexibility index (Phi) is 15.7. The van der Waals surface area contributed by atoms with Crippen molar-refractivity contribution in [2.75, 3.05) is 51.4 Å². The lowest BCUT2D eigenvalue weighted by Gasteiger charge is -2.29. The van der Waals surface area contributed by atoms with Crippen LogP contribution in [0, 0.1) is 0 Å². The molecule has 1 heterocycles. The zero-order chi connectivity index (χ0) is 25.0. The Morgan fingerprint density at radius 3 is 2.51 bits per heavy atom. The highest BCUT2D eigenvalue weighted by Crippen LogP contribution is 2.21. The van der Waals surface area contributed by atoms with Gasteiger partial charge in [0, 0.05) is 31.0 Å². The number of nitrogens with one attached hydrogen (secondary N) is 1. The normalized spacial score (nSPS) is 14.7. The van der Waals surface area contributed by atoms with Gasteiger partial charge >= 0.3 is 0 Å². The predicted octanol–water partition coefficient (Wildman–Crippen LogP) is 2.88. The highest BCUT2D eigenvalue weighted by Gasteiger charge is 2.21. The second-order valence-electron chi connectivity index (χ2n) is 8.60. The van der Waals surface area contributed by atoms with Gasteiger partial charge in [-0.2, -0.15) is 0 Å². The van der Waals surface area contributed by atoms with Gasteiger partial charge in [-0.15, -0.1) is 0 Å². The van der Waals surface area contributed by atoms with E-state index in [1.54, 1.807) is 12.4 Å². The van der Waals surface area contributed by atoms with E-state index in [-0.39, 0.29) is 18.6 Å². The van der Waals surface area contributed by atoms with Gasteiger partial charge in [-0.25, -0.2) is 5.06 Å². The Morgan fingerprint density at radius 1 is 1.06 bits per heavy atom. The molecule has 1 saturated carbocycles. The van der Waals surface area contributed by atoms with Crippen LogP contribution in [0.2, 0.25) is 0 Å². The number of nitrogens with zero attached hydrogens (tertiary/aromatic N) is 3. The number of ether oxygens (including phenoxy) is 2. The molecular weight excluding hydrogens is 450 g/mol. The number of hydrogen-bond donors (Lipinski definition) is 3. The molecule has 0 spiro atoms. The molecule has 1 aromatic rings. The number of carbonyl (C=O) groups excluding carboxylic acids is 1. The van der Waals surface area contributed by atoms with Crippen LogP contribution in [0.25, 0.3) is 0 Å². The van der Waals surface area contributed by atoms with E-state index < -0.39 is 0 Å². The van der Waals surface area contributed by atoms with E-state index in [1.165, 1.54) is 11.5 Å². The third-order valence-corrected chi connectivity index (χ3v) is 5.69. The molecule has 1 aliphatic carbocycles. The first kappa shape index (κ1) is 29.0. The summed E-state index contributed by atoms with van der Waals surface area (Å²) < 4.78 is 10.7. The van der Waals surface area contributed by atoms with Crippen molar-refractivity contribution in [3.05, 3.63) is 24.5 Å². The standard InChI is InChI=1S/C25H43N5O5/c26-25(29-22-11-14-27-15-12-22)28-13-7-2-1-6-10-24(32)30(35-23-8-4-3-5-9-23)16-18-33-20-21-34-19-17-31/h11-12,14-15,23,31H,1-10,13,16-21H2,(H3,26,27,28,29). The molecule has 35 heavy (non-hydrogen) atoms. The summed E-state index contributed by atoms with van der Waals surface area (Å²) in [6.07, 6.45) is 13.2. The average molecular weight is 494 g/mol. The number of pyridine rings is 1. The lowest BCUT2D eigenvalue weighted by atomic mass is 9.98. The monoisotopic (exact) mass is 493 g/mol. The van der Waals surface area contributed by atoms with Crippen molar-refractivity contribution < 1.29 is 24.2 Å². The summed E-state index contributed by atoms with van der Waals surface area (Å²) in [5.41, 5.74) is 6.77. The molecule has 0 aromatic carbocycles. The van der Waals surface area contributed by atoms with Gasteiger partial charge in [0.25, 0.3) is 0 Å². The van der Waals surface area contributed by atoms with Crippen LogP contribution in [-0.2, 0) is 19.1 Å². The van der Waals surface area contributed by atoms with E-state index in [0.29, 0.717) is 51.9 Å². The minimum absolute atomic E-state index is 0.00232. The topological polar surface area (TPSA) is 132 Å². The van der Waals surface area contributed by atoms with E-state index in [1.807, 2.05) is 12.1 Å². The fraction of sp³-hybridized carbons (Fsp3) is 0.720. The van der Waals surface area contributed by atoms with E-state index >= 15 is 0 Å². The van der Waals surface area contributed by atoms with Crippen molar-refractivity contribution in [1.29, 1.82) is 0 Å². The summed E-state index contributed by atoms with van der Waals surface area (Å²) in [6.45, 7) is 2.61. The summed E-state index contributed by atoms with van der Waals surface area (Å²) in [4.78, 5) is 27.2. The molecule has 1 fully saturated rings. The van der Waals surface area contributed by atoms with Crippen molar-refractivity contribution in [1.82, 2.24) is 10.0 Å². The Morgan fingerprint density at radius 2 is 1.77 bits per heavy atom. The molecule has 0 bridgehead atoms. The molecule has 198 valence electrons. The van der Waals surface area contributed by atoms with Gasteiger partial charge in [0.2, 0.25) is 5.91 Å². The third kappa shape index (κ3) is 14.0. The fourth-order valence-electron chi connectivity index (χ4n) is 3.81. The van der Waals surface area contributed by atoms with E-state index in [0.717, 1.165) is 57.1 Å². The zero-order valence-electron chi connectivity index (χ0n) is 20.9. The maximum Gasteiger partial charge on any atom is 0.246 e.